The van der Waals surface area contributed by atoms with Crippen LogP contribution in [-0.4, -0.2) is 15.1 Å². The monoisotopic (exact) mass is 359 g/mol. The van der Waals surface area contributed by atoms with Crippen molar-refractivity contribution >= 4 is 5.82 Å². The maximum Gasteiger partial charge on any atom is 0.202 e. The molecule has 1 aromatic carbocycles. The molecule has 4 aromatic rings. The third kappa shape index (κ3) is 3.92. The van der Waals surface area contributed by atoms with E-state index in [-0.39, 0.29) is 0 Å². The predicted molar refractivity (Wildman–Crippen MR) is 99.4 cm³/mol. The summed E-state index contributed by atoms with van der Waals surface area (Å²) in [4.78, 5) is 8.27. The third-order valence-electron chi connectivity index (χ3n) is 4.19. The van der Waals surface area contributed by atoms with Crippen LogP contribution in [-0.2, 0) is 12.8 Å². The van der Waals surface area contributed by atoms with Crippen molar-refractivity contribution in [1.29, 1.82) is 0 Å². The molecule has 0 aliphatic carbocycles. The number of pyridine rings is 1. The van der Waals surface area contributed by atoms with Gasteiger partial charge in [0.2, 0.25) is 6.20 Å². The Morgan fingerprint density at radius 2 is 1.70 bits per heavy atom. The van der Waals surface area contributed by atoms with Crippen LogP contribution in [0.3, 0.4) is 0 Å². The smallest absolute Gasteiger partial charge is 0.202 e. The lowest BCUT2D eigenvalue weighted by Crippen LogP contribution is -2.25. The highest BCUT2D eigenvalue weighted by molar-refractivity contribution is 5.69. The second kappa shape index (κ2) is 7.25. The van der Waals surface area contributed by atoms with E-state index in [0.29, 0.717) is 24.4 Å². The average Bonchev–Trinajstić information content (AvgIpc) is 3.12. The molecule has 0 saturated carbocycles. The zero-order valence-corrected chi connectivity index (χ0v) is 14.4. The Morgan fingerprint density at radius 3 is 2.41 bits per heavy atom. The molecular formula is C20H17N5O2. The molecule has 0 bridgehead atoms. The van der Waals surface area contributed by atoms with Gasteiger partial charge < -0.3 is 15.5 Å². The third-order valence-corrected chi connectivity index (χ3v) is 4.19. The van der Waals surface area contributed by atoms with Crippen LogP contribution in [0.15, 0.2) is 71.8 Å². The van der Waals surface area contributed by atoms with Crippen LogP contribution in [0.25, 0.3) is 11.3 Å². The van der Waals surface area contributed by atoms with Gasteiger partial charge in [0.15, 0.2) is 12.0 Å². The zero-order chi connectivity index (χ0) is 18.6. The normalized spacial score (nSPS) is 10.8. The van der Waals surface area contributed by atoms with Crippen LogP contribution in [0, 0.1) is 5.21 Å². The molecule has 0 aliphatic rings. The minimum Gasteiger partial charge on any atom is -0.619 e. The lowest BCUT2D eigenvalue weighted by molar-refractivity contribution is -0.606. The Labute approximate surface area is 155 Å². The van der Waals surface area contributed by atoms with Gasteiger partial charge in [-0.15, -0.1) is 0 Å². The molecule has 0 radical (unpaired) electrons. The molecule has 0 unspecified atom stereocenters. The summed E-state index contributed by atoms with van der Waals surface area (Å²) in [6.07, 6.45) is 7.26. The summed E-state index contributed by atoms with van der Waals surface area (Å²) in [5.74, 6) is 1.02. The molecule has 3 aromatic heterocycles. The maximum absolute atomic E-state index is 11.3. The molecule has 0 fully saturated rings. The van der Waals surface area contributed by atoms with Crippen LogP contribution in [0.4, 0.5) is 5.82 Å². The summed E-state index contributed by atoms with van der Waals surface area (Å²) >= 11 is 0. The van der Waals surface area contributed by atoms with Crippen molar-refractivity contribution in [3.05, 3.63) is 95.0 Å². The Hall–Kier alpha value is -3.74. The fourth-order valence-corrected chi connectivity index (χ4v) is 2.85. The van der Waals surface area contributed by atoms with Gasteiger partial charge in [-0.25, -0.2) is 9.97 Å². The Bertz CT molecular complexity index is 1060. The lowest BCUT2D eigenvalue weighted by atomic mass is 10.0. The van der Waals surface area contributed by atoms with Crippen LogP contribution in [0.1, 0.15) is 22.5 Å². The average molecular weight is 359 g/mol. The molecule has 3 heterocycles. The molecule has 0 aliphatic heterocycles. The number of anilines is 1. The van der Waals surface area contributed by atoms with Gasteiger partial charge in [0.1, 0.15) is 11.5 Å². The summed E-state index contributed by atoms with van der Waals surface area (Å²) in [7, 11) is 0. The van der Waals surface area contributed by atoms with Crippen molar-refractivity contribution in [2.75, 3.05) is 5.73 Å². The number of nitrogens with two attached hydrogens (primary N) is 1. The van der Waals surface area contributed by atoms with Gasteiger partial charge in [-0.05, 0) is 23.3 Å². The Balaban J connectivity index is 1.45. The van der Waals surface area contributed by atoms with Gasteiger partial charge in [0.25, 0.3) is 0 Å². The molecular weight excluding hydrogens is 342 g/mol. The molecule has 4 rings (SSSR count). The number of rotatable bonds is 5. The molecule has 0 spiro atoms. The van der Waals surface area contributed by atoms with E-state index in [0.717, 1.165) is 32.8 Å². The number of hydrogen-bond donors (Lipinski definition) is 1. The van der Waals surface area contributed by atoms with E-state index in [2.05, 4.69) is 15.1 Å². The van der Waals surface area contributed by atoms with Crippen molar-refractivity contribution in [1.82, 2.24) is 15.1 Å². The SMILES string of the molecule is Nc1ncccc1-c1cc(Cc2ccc(Cc3c[n+]([O-])ccn3)cc2)no1. The van der Waals surface area contributed by atoms with E-state index in [1.807, 2.05) is 42.5 Å². The lowest BCUT2D eigenvalue weighted by Gasteiger charge is -2.03. The molecule has 0 amide bonds. The quantitative estimate of drug-likeness (QED) is 0.434. The molecule has 7 heteroatoms. The summed E-state index contributed by atoms with van der Waals surface area (Å²) in [5.41, 5.74) is 10.4. The maximum atomic E-state index is 11.3. The molecule has 27 heavy (non-hydrogen) atoms. The first-order chi connectivity index (χ1) is 13.2. The Kier molecular flexibility index (Phi) is 4.49. The number of nitrogen functional groups attached to an aromatic ring is 1. The molecule has 2 N–H and O–H groups in total. The second-order valence-electron chi connectivity index (χ2n) is 6.20. The van der Waals surface area contributed by atoms with Gasteiger partial charge in [0, 0.05) is 25.1 Å². The minimum absolute atomic E-state index is 0.415. The first kappa shape index (κ1) is 16.7. The van der Waals surface area contributed by atoms with E-state index in [1.54, 1.807) is 6.20 Å². The van der Waals surface area contributed by atoms with Crippen molar-refractivity contribution in [3.8, 4) is 11.3 Å². The number of nitrogens with zero attached hydrogens (tertiary/aromatic N) is 4. The van der Waals surface area contributed by atoms with E-state index in [4.69, 9.17) is 10.3 Å². The van der Waals surface area contributed by atoms with Gasteiger partial charge in [-0.2, -0.15) is 4.73 Å². The summed E-state index contributed by atoms with van der Waals surface area (Å²) in [6.45, 7) is 0. The molecule has 7 nitrogen and oxygen atoms in total. The van der Waals surface area contributed by atoms with Gasteiger partial charge in [-0.3, -0.25) is 0 Å². The molecule has 0 saturated heterocycles. The number of hydrogen-bond acceptors (Lipinski definition) is 6. The van der Waals surface area contributed by atoms with Crippen LogP contribution < -0.4 is 10.5 Å². The van der Waals surface area contributed by atoms with E-state index in [9.17, 15) is 5.21 Å². The van der Waals surface area contributed by atoms with Crippen molar-refractivity contribution in [3.63, 3.8) is 0 Å². The van der Waals surface area contributed by atoms with Crippen molar-refractivity contribution in [2.24, 2.45) is 0 Å². The van der Waals surface area contributed by atoms with Crippen LogP contribution in [0.5, 0.6) is 0 Å². The number of benzene rings is 1. The summed E-state index contributed by atoms with van der Waals surface area (Å²) < 4.78 is 6.17. The first-order valence-electron chi connectivity index (χ1n) is 8.45. The summed E-state index contributed by atoms with van der Waals surface area (Å²) in [5, 5.41) is 15.4. The molecule has 0 atom stereocenters. The summed E-state index contributed by atoms with van der Waals surface area (Å²) in [6, 6.07) is 13.7. The van der Waals surface area contributed by atoms with Crippen LogP contribution >= 0.6 is 0 Å². The van der Waals surface area contributed by atoms with Crippen molar-refractivity contribution in [2.45, 2.75) is 12.8 Å². The van der Waals surface area contributed by atoms with Crippen molar-refractivity contribution < 1.29 is 9.25 Å². The highest BCUT2D eigenvalue weighted by Crippen LogP contribution is 2.25. The fraction of sp³-hybridized carbons (Fsp3) is 0.100. The second-order valence-corrected chi connectivity index (χ2v) is 6.20. The largest absolute Gasteiger partial charge is 0.619 e. The first-order valence-corrected chi connectivity index (χ1v) is 8.45. The van der Waals surface area contributed by atoms with E-state index < -0.39 is 0 Å². The zero-order valence-electron chi connectivity index (χ0n) is 14.4. The fourth-order valence-electron chi connectivity index (χ4n) is 2.85. The van der Waals surface area contributed by atoms with E-state index in [1.165, 1.54) is 18.6 Å². The van der Waals surface area contributed by atoms with Gasteiger partial charge in [-0.1, -0.05) is 29.4 Å². The minimum atomic E-state index is 0.415. The number of aromatic nitrogens is 4. The van der Waals surface area contributed by atoms with Gasteiger partial charge in [0.05, 0.1) is 17.5 Å². The van der Waals surface area contributed by atoms with Gasteiger partial charge >= 0.3 is 0 Å². The van der Waals surface area contributed by atoms with E-state index >= 15 is 0 Å². The topological polar surface area (TPSA) is 105 Å². The highest BCUT2D eigenvalue weighted by Gasteiger charge is 2.11. The van der Waals surface area contributed by atoms with Crippen LogP contribution in [0.2, 0.25) is 0 Å². The predicted octanol–water partition coefficient (Wildman–Crippen LogP) is 2.53. The standard InChI is InChI=1S/C20H17N5O2/c21-20-18(2-1-7-23-20)19-12-16(24-27-19)10-14-3-5-15(6-4-14)11-17-13-25(26)9-8-22-17/h1-9,12-13H,10-11H2,(H2,21,23). The molecule has 134 valence electrons. The highest BCUT2D eigenvalue weighted by atomic mass is 16.5. The Morgan fingerprint density at radius 1 is 0.963 bits per heavy atom.